The van der Waals surface area contributed by atoms with Gasteiger partial charge in [-0.3, -0.25) is 9.59 Å². The number of benzene rings is 3. The first-order valence-corrected chi connectivity index (χ1v) is 13.7. The molecule has 2 aromatic heterocycles. The maximum absolute atomic E-state index is 13.1. The van der Waals surface area contributed by atoms with E-state index in [-0.39, 0.29) is 11.3 Å². The number of hydrogen-bond acceptors (Lipinski definition) is 6. The van der Waals surface area contributed by atoms with Crippen molar-refractivity contribution in [2.45, 2.75) is 37.6 Å². The summed E-state index contributed by atoms with van der Waals surface area (Å²) in [5.41, 5.74) is 8.68. The van der Waals surface area contributed by atoms with Crippen LogP contribution in [-0.2, 0) is 4.79 Å². The van der Waals surface area contributed by atoms with Gasteiger partial charge in [0, 0.05) is 56.1 Å². The highest BCUT2D eigenvalue weighted by atomic mass is 32.1. The van der Waals surface area contributed by atoms with Crippen molar-refractivity contribution in [1.29, 1.82) is 0 Å². The highest BCUT2D eigenvalue weighted by molar-refractivity contribution is 7.26. The number of nitrogens with zero attached hydrogens (tertiary/aromatic N) is 1. The van der Waals surface area contributed by atoms with Gasteiger partial charge in [0.05, 0.1) is 10.9 Å². The maximum Gasteiger partial charge on any atom is 0.244 e. The number of carbonyl (C=O) groups is 1. The van der Waals surface area contributed by atoms with Crippen molar-refractivity contribution in [1.82, 2.24) is 0 Å². The topological polar surface area (TPSA) is 88.6 Å². The Morgan fingerprint density at radius 3 is 2.46 bits per heavy atom. The SMILES string of the molecule is NC1(C(=O)Nc2ccc3sc4c(-c5cccc6c(=O)cc(N7CCCCC7)oc56)cccc4c3c2)CC1. The fourth-order valence-corrected chi connectivity index (χ4v) is 6.56. The van der Waals surface area contributed by atoms with E-state index < -0.39 is 5.54 Å². The summed E-state index contributed by atoms with van der Waals surface area (Å²) in [4.78, 5) is 27.8. The number of rotatable bonds is 4. The molecule has 186 valence electrons. The Hall–Kier alpha value is -3.68. The molecular weight excluding hydrogens is 482 g/mol. The van der Waals surface area contributed by atoms with Gasteiger partial charge >= 0.3 is 0 Å². The summed E-state index contributed by atoms with van der Waals surface area (Å²) in [5.74, 6) is 0.532. The van der Waals surface area contributed by atoms with Crippen LogP contribution in [0.15, 0.2) is 69.9 Å². The standard InChI is InChI=1S/C30H27N3O3S/c31-30(12-13-30)29(35)32-18-10-11-25-23(16-18)21-8-5-7-20(28(21)37-25)19-6-4-9-22-24(34)17-26(36-27(19)22)33-14-2-1-3-15-33/h4-11,16-17H,1-3,12-15,31H2,(H,32,35). The molecule has 5 aromatic rings. The molecule has 1 aliphatic carbocycles. The molecule has 7 heteroatoms. The minimum absolute atomic E-state index is 0.0130. The van der Waals surface area contributed by atoms with Gasteiger partial charge in [-0.1, -0.05) is 30.3 Å². The van der Waals surface area contributed by atoms with Gasteiger partial charge in [0.15, 0.2) is 11.3 Å². The zero-order valence-corrected chi connectivity index (χ0v) is 21.2. The molecule has 0 radical (unpaired) electrons. The van der Waals surface area contributed by atoms with Crippen LogP contribution >= 0.6 is 11.3 Å². The van der Waals surface area contributed by atoms with E-state index in [9.17, 15) is 9.59 Å². The average Bonchev–Trinajstić information content (AvgIpc) is 3.57. The van der Waals surface area contributed by atoms with Gasteiger partial charge in [0.1, 0.15) is 5.58 Å². The predicted octanol–water partition coefficient (Wildman–Crippen LogP) is 6.25. The third-order valence-electron chi connectivity index (χ3n) is 7.70. The minimum atomic E-state index is -0.718. The van der Waals surface area contributed by atoms with Crippen molar-refractivity contribution in [3.8, 4) is 11.1 Å². The van der Waals surface area contributed by atoms with Gasteiger partial charge in [0.2, 0.25) is 5.91 Å². The van der Waals surface area contributed by atoms with E-state index in [0.717, 1.165) is 75.8 Å². The van der Waals surface area contributed by atoms with Crippen LogP contribution < -0.4 is 21.4 Å². The Kier molecular flexibility index (Phi) is 5.13. The lowest BCUT2D eigenvalue weighted by Gasteiger charge is -2.27. The van der Waals surface area contributed by atoms with E-state index in [2.05, 4.69) is 22.3 Å². The molecule has 3 aromatic carbocycles. The van der Waals surface area contributed by atoms with Crippen molar-refractivity contribution in [3.05, 3.63) is 70.9 Å². The Morgan fingerprint density at radius 2 is 1.68 bits per heavy atom. The van der Waals surface area contributed by atoms with Gasteiger partial charge in [0.25, 0.3) is 0 Å². The van der Waals surface area contributed by atoms with E-state index in [4.69, 9.17) is 10.2 Å². The van der Waals surface area contributed by atoms with Crippen molar-refractivity contribution in [3.63, 3.8) is 0 Å². The second-order valence-corrected chi connectivity index (χ2v) is 11.3. The van der Waals surface area contributed by atoms with Crippen molar-refractivity contribution < 1.29 is 9.21 Å². The summed E-state index contributed by atoms with van der Waals surface area (Å²) >= 11 is 1.71. The van der Waals surface area contributed by atoms with Crippen LogP contribution in [-0.4, -0.2) is 24.5 Å². The fourth-order valence-electron chi connectivity index (χ4n) is 5.35. The second-order valence-electron chi connectivity index (χ2n) is 10.3. The number of fused-ring (bicyclic) bond motifs is 4. The molecule has 3 heterocycles. The normalized spacial score (nSPS) is 16.9. The maximum atomic E-state index is 13.1. The third kappa shape index (κ3) is 3.81. The second kappa shape index (κ2) is 8.43. The van der Waals surface area contributed by atoms with Crippen LogP contribution in [0, 0.1) is 0 Å². The summed E-state index contributed by atoms with van der Waals surface area (Å²) in [6.07, 6.45) is 4.89. The fraction of sp³-hybridized carbons (Fsp3) is 0.267. The number of piperidine rings is 1. The molecule has 1 saturated carbocycles. The van der Waals surface area contributed by atoms with Crippen LogP contribution in [0.3, 0.4) is 0 Å². The first-order valence-electron chi connectivity index (χ1n) is 12.9. The lowest BCUT2D eigenvalue weighted by atomic mass is 10.0. The van der Waals surface area contributed by atoms with Crippen LogP contribution in [0.2, 0.25) is 0 Å². The highest BCUT2D eigenvalue weighted by Crippen LogP contribution is 2.43. The van der Waals surface area contributed by atoms with Crippen LogP contribution in [0.5, 0.6) is 0 Å². The van der Waals surface area contributed by atoms with Crippen molar-refractivity contribution in [2.24, 2.45) is 5.73 Å². The highest BCUT2D eigenvalue weighted by Gasteiger charge is 2.45. The third-order valence-corrected chi connectivity index (χ3v) is 8.92. The predicted molar refractivity (Wildman–Crippen MR) is 152 cm³/mol. The lowest BCUT2D eigenvalue weighted by Crippen LogP contribution is -2.37. The van der Waals surface area contributed by atoms with Crippen LogP contribution in [0.25, 0.3) is 42.3 Å². The van der Waals surface area contributed by atoms with E-state index in [1.54, 1.807) is 17.4 Å². The van der Waals surface area contributed by atoms with E-state index in [1.807, 2.05) is 42.5 Å². The molecule has 3 N–H and O–H groups in total. The van der Waals surface area contributed by atoms with Crippen LogP contribution in [0.1, 0.15) is 32.1 Å². The molecule has 2 fully saturated rings. The first kappa shape index (κ1) is 22.5. The van der Waals surface area contributed by atoms with E-state index in [1.165, 1.54) is 6.42 Å². The molecular formula is C30H27N3O3S. The van der Waals surface area contributed by atoms with Gasteiger partial charge < -0.3 is 20.4 Å². The Balaban J connectivity index is 1.37. The molecule has 0 atom stereocenters. The summed E-state index contributed by atoms with van der Waals surface area (Å²) in [6, 6.07) is 19.7. The number of para-hydroxylation sites is 1. The molecule has 1 saturated heterocycles. The number of amides is 1. The summed E-state index contributed by atoms with van der Waals surface area (Å²) in [7, 11) is 0. The molecule has 6 nitrogen and oxygen atoms in total. The first-order chi connectivity index (χ1) is 18.0. The zero-order valence-electron chi connectivity index (χ0n) is 20.4. The molecule has 37 heavy (non-hydrogen) atoms. The number of anilines is 2. The summed E-state index contributed by atoms with van der Waals surface area (Å²) < 4.78 is 8.71. The Labute approximate surface area is 217 Å². The minimum Gasteiger partial charge on any atom is -0.440 e. The number of nitrogens with one attached hydrogen (secondary N) is 1. The van der Waals surface area contributed by atoms with Crippen molar-refractivity contribution >= 4 is 60.0 Å². The lowest BCUT2D eigenvalue weighted by molar-refractivity contribution is -0.118. The molecule has 7 rings (SSSR count). The summed E-state index contributed by atoms with van der Waals surface area (Å²) in [5, 5.41) is 5.77. The molecule has 0 unspecified atom stereocenters. The monoisotopic (exact) mass is 509 g/mol. The van der Waals surface area contributed by atoms with E-state index in [0.29, 0.717) is 16.9 Å². The largest absolute Gasteiger partial charge is 0.440 e. The van der Waals surface area contributed by atoms with E-state index >= 15 is 0 Å². The zero-order chi connectivity index (χ0) is 25.1. The summed E-state index contributed by atoms with van der Waals surface area (Å²) in [6.45, 7) is 1.82. The molecule has 1 aliphatic heterocycles. The Morgan fingerprint density at radius 1 is 0.919 bits per heavy atom. The number of hydrogen-bond donors (Lipinski definition) is 2. The van der Waals surface area contributed by atoms with Crippen molar-refractivity contribution in [2.75, 3.05) is 23.3 Å². The molecule has 2 aliphatic rings. The van der Waals surface area contributed by atoms with Gasteiger partial charge in [-0.25, -0.2) is 0 Å². The average molecular weight is 510 g/mol. The molecule has 0 spiro atoms. The smallest absolute Gasteiger partial charge is 0.244 e. The quantitative estimate of drug-likeness (QED) is 0.299. The number of nitrogens with two attached hydrogens (primary N) is 1. The van der Waals surface area contributed by atoms with Gasteiger partial charge in [-0.2, -0.15) is 0 Å². The molecule has 1 amide bonds. The number of thiophene rings is 1. The Bertz CT molecular complexity index is 1760. The number of carbonyl (C=O) groups excluding carboxylic acids is 1. The van der Waals surface area contributed by atoms with Crippen LogP contribution in [0.4, 0.5) is 11.6 Å². The van der Waals surface area contributed by atoms with Gasteiger partial charge in [-0.15, -0.1) is 11.3 Å². The van der Waals surface area contributed by atoms with Gasteiger partial charge in [-0.05, 0) is 56.4 Å². The molecule has 0 bridgehead atoms.